The van der Waals surface area contributed by atoms with Crippen molar-refractivity contribution in [2.45, 2.75) is 71.8 Å². The van der Waals surface area contributed by atoms with Gasteiger partial charge in [-0.1, -0.05) is 31.4 Å². The summed E-state index contributed by atoms with van der Waals surface area (Å²) in [6.07, 6.45) is 12.8. The Balaban J connectivity index is 2.13. The number of fused-ring (bicyclic) bond motifs is 1. The molecule has 0 radical (unpaired) electrons. The van der Waals surface area contributed by atoms with Crippen LogP contribution in [0.25, 0.3) is 6.08 Å². The van der Waals surface area contributed by atoms with E-state index in [2.05, 4.69) is 45.9 Å². The Kier molecular flexibility index (Phi) is 5.92. The van der Waals surface area contributed by atoms with Crippen LogP contribution in [0.1, 0.15) is 70.9 Å². The molecule has 1 heterocycles. The molecule has 1 aliphatic rings. The normalized spacial score (nSPS) is 19.1. The lowest BCUT2D eigenvalue weighted by Gasteiger charge is -2.32. The first-order valence-corrected chi connectivity index (χ1v) is 8.81. The highest BCUT2D eigenvalue weighted by molar-refractivity contribution is 5.67. The Labute approximate surface area is 140 Å². The van der Waals surface area contributed by atoms with Gasteiger partial charge in [0.15, 0.2) is 0 Å². The molecule has 126 valence electrons. The van der Waals surface area contributed by atoms with Gasteiger partial charge in [0.2, 0.25) is 0 Å². The highest BCUT2D eigenvalue weighted by Gasteiger charge is 2.28. The van der Waals surface area contributed by atoms with Crippen molar-refractivity contribution in [3.63, 3.8) is 0 Å². The van der Waals surface area contributed by atoms with Crippen molar-refractivity contribution in [2.75, 3.05) is 0 Å². The van der Waals surface area contributed by atoms with E-state index in [-0.39, 0.29) is 5.60 Å². The van der Waals surface area contributed by atoms with Crippen molar-refractivity contribution in [3.05, 3.63) is 41.0 Å². The number of ether oxygens (including phenoxy) is 1. The third kappa shape index (κ3) is 4.89. The van der Waals surface area contributed by atoms with Gasteiger partial charge in [0.25, 0.3) is 0 Å². The number of rotatable bonds is 7. The monoisotopic (exact) mass is 314 g/mol. The SMILES string of the molecule is CCCCCc1cc(O)c2c(c1)O[C@@](C)(CCC=C(C)C)C=C2. The standard InChI is InChI=1S/C21H30O2/c1-5-6-7-10-17-14-19(22)18-11-13-21(4,23-20(18)15-17)12-8-9-16(2)3/h9,11,13-15,22H,5-8,10,12H2,1-4H3/t21-/m0/s1. The van der Waals surface area contributed by atoms with E-state index in [1.807, 2.05) is 12.1 Å². The van der Waals surface area contributed by atoms with Crippen molar-refractivity contribution in [1.82, 2.24) is 0 Å². The van der Waals surface area contributed by atoms with E-state index >= 15 is 0 Å². The highest BCUT2D eigenvalue weighted by Crippen LogP contribution is 2.39. The molecule has 0 fully saturated rings. The first-order chi connectivity index (χ1) is 10.9. The van der Waals surface area contributed by atoms with E-state index in [0.717, 1.165) is 42.6 Å². The van der Waals surface area contributed by atoms with E-state index in [0.29, 0.717) is 5.75 Å². The van der Waals surface area contributed by atoms with Crippen LogP contribution < -0.4 is 4.74 Å². The van der Waals surface area contributed by atoms with Crippen LogP contribution in [0.5, 0.6) is 11.5 Å². The number of unbranched alkanes of at least 4 members (excludes halogenated alkanes) is 2. The molecule has 1 aromatic rings. The largest absolute Gasteiger partial charge is 0.507 e. The van der Waals surface area contributed by atoms with Gasteiger partial charge in [0.1, 0.15) is 17.1 Å². The van der Waals surface area contributed by atoms with E-state index in [1.54, 1.807) is 0 Å². The summed E-state index contributed by atoms with van der Waals surface area (Å²) < 4.78 is 6.25. The van der Waals surface area contributed by atoms with Gasteiger partial charge in [-0.05, 0) is 76.3 Å². The van der Waals surface area contributed by atoms with Crippen LogP contribution in [-0.4, -0.2) is 10.7 Å². The van der Waals surface area contributed by atoms with E-state index in [4.69, 9.17) is 4.74 Å². The second kappa shape index (κ2) is 7.72. The molecule has 1 aliphatic heterocycles. The quantitative estimate of drug-likeness (QED) is 0.491. The maximum Gasteiger partial charge on any atom is 0.131 e. The van der Waals surface area contributed by atoms with Gasteiger partial charge in [-0.25, -0.2) is 0 Å². The fraction of sp³-hybridized carbons (Fsp3) is 0.524. The summed E-state index contributed by atoms with van der Waals surface area (Å²) in [6, 6.07) is 3.99. The number of allylic oxidation sites excluding steroid dienone is 2. The molecule has 0 aromatic heterocycles. The van der Waals surface area contributed by atoms with Gasteiger partial charge in [0.05, 0.1) is 5.56 Å². The fourth-order valence-electron chi connectivity index (χ4n) is 2.97. The summed E-state index contributed by atoms with van der Waals surface area (Å²) >= 11 is 0. The maximum atomic E-state index is 10.3. The molecule has 2 rings (SSSR count). The average Bonchev–Trinajstić information content (AvgIpc) is 2.46. The second-order valence-corrected chi connectivity index (χ2v) is 7.05. The second-order valence-electron chi connectivity index (χ2n) is 7.05. The third-order valence-corrected chi connectivity index (χ3v) is 4.39. The zero-order valence-electron chi connectivity index (χ0n) is 15.0. The summed E-state index contributed by atoms with van der Waals surface area (Å²) in [5, 5.41) is 10.3. The number of aromatic hydroxyl groups is 1. The predicted octanol–water partition coefficient (Wildman–Crippen LogP) is 6.04. The van der Waals surface area contributed by atoms with Crippen LogP contribution in [0.2, 0.25) is 0 Å². The van der Waals surface area contributed by atoms with Crippen molar-refractivity contribution < 1.29 is 9.84 Å². The van der Waals surface area contributed by atoms with Crippen LogP contribution >= 0.6 is 0 Å². The zero-order valence-corrected chi connectivity index (χ0v) is 15.0. The minimum atomic E-state index is -0.298. The summed E-state index contributed by atoms with van der Waals surface area (Å²) in [6.45, 7) is 8.56. The van der Waals surface area contributed by atoms with Crippen molar-refractivity contribution in [2.24, 2.45) is 0 Å². The summed E-state index contributed by atoms with van der Waals surface area (Å²) in [5.74, 6) is 1.15. The molecule has 0 saturated carbocycles. The van der Waals surface area contributed by atoms with Crippen molar-refractivity contribution >= 4 is 6.08 Å². The smallest absolute Gasteiger partial charge is 0.131 e. The van der Waals surface area contributed by atoms with Crippen molar-refractivity contribution in [3.8, 4) is 11.5 Å². The Hall–Kier alpha value is -1.70. The fourth-order valence-corrected chi connectivity index (χ4v) is 2.97. The molecular weight excluding hydrogens is 284 g/mol. The number of phenolic OH excluding ortho intramolecular Hbond substituents is 1. The Morgan fingerprint density at radius 1 is 1.26 bits per heavy atom. The lowest BCUT2D eigenvalue weighted by molar-refractivity contribution is 0.128. The first kappa shape index (κ1) is 17.7. The molecule has 1 aromatic carbocycles. The zero-order chi connectivity index (χ0) is 16.9. The predicted molar refractivity (Wildman–Crippen MR) is 98.1 cm³/mol. The number of aryl methyl sites for hydroxylation is 1. The Bertz CT molecular complexity index is 594. The lowest BCUT2D eigenvalue weighted by atomic mass is 9.93. The van der Waals surface area contributed by atoms with Crippen LogP contribution in [0, 0.1) is 0 Å². The van der Waals surface area contributed by atoms with Crippen LogP contribution in [0.15, 0.2) is 29.9 Å². The third-order valence-electron chi connectivity index (χ3n) is 4.39. The lowest BCUT2D eigenvalue weighted by Crippen LogP contribution is -2.31. The molecule has 0 bridgehead atoms. The molecular formula is C21H30O2. The number of hydrogen-bond donors (Lipinski definition) is 1. The van der Waals surface area contributed by atoms with E-state index in [1.165, 1.54) is 18.4 Å². The Morgan fingerprint density at radius 3 is 2.74 bits per heavy atom. The van der Waals surface area contributed by atoms with Gasteiger partial charge in [0, 0.05) is 0 Å². The molecule has 2 heteroatoms. The molecule has 0 saturated heterocycles. The van der Waals surface area contributed by atoms with E-state index < -0.39 is 0 Å². The number of benzene rings is 1. The van der Waals surface area contributed by atoms with Gasteiger partial charge in [-0.15, -0.1) is 0 Å². The summed E-state index contributed by atoms with van der Waals surface area (Å²) in [5.41, 5.74) is 3.01. The molecule has 0 spiro atoms. The molecule has 2 nitrogen and oxygen atoms in total. The molecule has 0 amide bonds. The maximum absolute atomic E-state index is 10.3. The number of hydrogen-bond acceptors (Lipinski definition) is 2. The van der Waals surface area contributed by atoms with Crippen molar-refractivity contribution in [1.29, 1.82) is 0 Å². The van der Waals surface area contributed by atoms with Gasteiger partial charge in [-0.3, -0.25) is 0 Å². The highest BCUT2D eigenvalue weighted by atomic mass is 16.5. The first-order valence-electron chi connectivity index (χ1n) is 8.81. The van der Waals surface area contributed by atoms with Gasteiger partial charge in [-0.2, -0.15) is 0 Å². The minimum Gasteiger partial charge on any atom is -0.507 e. The minimum absolute atomic E-state index is 0.298. The molecule has 23 heavy (non-hydrogen) atoms. The average molecular weight is 314 g/mol. The van der Waals surface area contributed by atoms with Crippen LogP contribution in [0.3, 0.4) is 0 Å². The van der Waals surface area contributed by atoms with Gasteiger partial charge >= 0.3 is 0 Å². The number of phenols is 1. The molecule has 0 aliphatic carbocycles. The summed E-state index contributed by atoms with van der Waals surface area (Å²) in [4.78, 5) is 0. The van der Waals surface area contributed by atoms with Gasteiger partial charge < -0.3 is 9.84 Å². The van der Waals surface area contributed by atoms with Crippen LogP contribution in [0.4, 0.5) is 0 Å². The molecule has 1 N–H and O–H groups in total. The summed E-state index contributed by atoms with van der Waals surface area (Å²) in [7, 11) is 0. The molecule has 1 atom stereocenters. The Morgan fingerprint density at radius 2 is 2.04 bits per heavy atom. The van der Waals surface area contributed by atoms with Crippen LogP contribution in [-0.2, 0) is 6.42 Å². The van der Waals surface area contributed by atoms with E-state index in [9.17, 15) is 5.11 Å². The topological polar surface area (TPSA) is 29.5 Å². The molecule has 0 unspecified atom stereocenters.